The molecule has 2 nitrogen and oxygen atoms in total. The number of hydrogen-bond acceptors (Lipinski definition) is 2. The Morgan fingerprint density at radius 3 is 1.14 bits per heavy atom. The Bertz CT molecular complexity index is 769. The molecular formula is C18H12Br2O2. The second kappa shape index (κ2) is 6.31. The van der Waals surface area contributed by atoms with Gasteiger partial charge in [-0.3, -0.25) is 9.59 Å². The first kappa shape index (κ1) is 15.4. The van der Waals surface area contributed by atoms with Crippen LogP contribution in [0.5, 0.6) is 0 Å². The van der Waals surface area contributed by atoms with Gasteiger partial charge in [-0.2, -0.15) is 0 Å². The van der Waals surface area contributed by atoms with Crippen LogP contribution in [0.15, 0.2) is 48.5 Å². The fraction of sp³-hybridized carbons (Fsp3) is 0.111. The molecule has 110 valence electrons. The van der Waals surface area contributed by atoms with Crippen molar-refractivity contribution in [3.05, 3.63) is 59.7 Å². The standard InChI is InChI=1S/C18H12Br2O2/c19-9-15(21)17-11-5-1-2-6-12(11)18(16(22)10-20)14-8-4-3-7-13(14)17/h1-8H,9-10H2. The number of carbonyl (C=O) groups is 2. The quantitative estimate of drug-likeness (QED) is 0.333. The lowest BCUT2D eigenvalue weighted by atomic mass is 9.89. The summed E-state index contributed by atoms with van der Waals surface area (Å²) in [5.74, 6) is 0.0375. The molecule has 0 radical (unpaired) electrons. The molecule has 22 heavy (non-hydrogen) atoms. The Labute approximate surface area is 144 Å². The Kier molecular flexibility index (Phi) is 4.41. The SMILES string of the molecule is O=C(CBr)c1c2ccccc2c(C(=O)CBr)c2ccccc12. The lowest BCUT2D eigenvalue weighted by molar-refractivity contribution is 0.101. The largest absolute Gasteiger partial charge is 0.293 e. The normalized spacial score (nSPS) is 11.0. The van der Waals surface area contributed by atoms with Crippen molar-refractivity contribution in [3.63, 3.8) is 0 Å². The molecule has 0 amide bonds. The van der Waals surface area contributed by atoms with E-state index in [1.807, 2.05) is 48.5 Å². The second-order valence-corrected chi connectivity index (χ2v) is 6.08. The van der Waals surface area contributed by atoms with E-state index < -0.39 is 0 Å². The van der Waals surface area contributed by atoms with Crippen molar-refractivity contribution in [2.75, 3.05) is 10.7 Å². The summed E-state index contributed by atoms with van der Waals surface area (Å²) in [7, 11) is 0. The molecule has 3 rings (SSSR count). The van der Waals surface area contributed by atoms with E-state index in [2.05, 4.69) is 31.9 Å². The number of carbonyl (C=O) groups excluding carboxylic acids is 2. The summed E-state index contributed by atoms with van der Waals surface area (Å²) in [6.07, 6.45) is 0. The molecule has 0 atom stereocenters. The smallest absolute Gasteiger partial charge is 0.174 e. The molecule has 0 spiro atoms. The average Bonchev–Trinajstić information content (AvgIpc) is 2.58. The summed E-state index contributed by atoms with van der Waals surface area (Å²) < 4.78 is 0. The van der Waals surface area contributed by atoms with Gasteiger partial charge < -0.3 is 0 Å². The fourth-order valence-corrected chi connectivity index (χ4v) is 3.42. The highest BCUT2D eigenvalue weighted by Gasteiger charge is 2.20. The van der Waals surface area contributed by atoms with E-state index in [9.17, 15) is 9.59 Å². The van der Waals surface area contributed by atoms with E-state index in [1.165, 1.54) is 0 Å². The lowest BCUT2D eigenvalue weighted by Crippen LogP contribution is -2.08. The third-order valence-corrected chi connectivity index (χ3v) is 4.75. The molecule has 0 saturated carbocycles. The van der Waals surface area contributed by atoms with Gasteiger partial charge in [0.05, 0.1) is 10.7 Å². The first-order valence-corrected chi connectivity index (χ1v) is 9.05. The second-order valence-electron chi connectivity index (χ2n) is 4.95. The number of benzene rings is 3. The van der Waals surface area contributed by atoms with E-state index in [4.69, 9.17) is 0 Å². The van der Waals surface area contributed by atoms with Gasteiger partial charge >= 0.3 is 0 Å². The molecule has 0 N–H and O–H groups in total. The van der Waals surface area contributed by atoms with Crippen LogP contribution in [-0.4, -0.2) is 22.2 Å². The highest BCUT2D eigenvalue weighted by atomic mass is 79.9. The Hall–Kier alpha value is -1.52. The van der Waals surface area contributed by atoms with Gasteiger partial charge in [0.2, 0.25) is 0 Å². The van der Waals surface area contributed by atoms with Gasteiger partial charge in [-0.15, -0.1) is 0 Å². The minimum absolute atomic E-state index is 0.0187. The third-order valence-electron chi connectivity index (χ3n) is 3.73. The summed E-state index contributed by atoms with van der Waals surface area (Å²) in [6.45, 7) is 0. The molecule has 3 aromatic rings. The maximum absolute atomic E-state index is 12.5. The van der Waals surface area contributed by atoms with Crippen LogP contribution >= 0.6 is 31.9 Å². The van der Waals surface area contributed by atoms with Crippen molar-refractivity contribution >= 4 is 65.0 Å². The van der Waals surface area contributed by atoms with Crippen LogP contribution in [0, 0.1) is 0 Å². The van der Waals surface area contributed by atoms with Crippen LogP contribution in [0.2, 0.25) is 0 Å². The maximum Gasteiger partial charge on any atom is 0.174 e. The number of hydrogen-bond donors (Lipinski definition) is 0. The van der Waals surface area contributed by atoms with Crippen LogP contribution in [-0.2, 0) is 0 Å². The van der Waals surface area contributed by atoms with E-state index >= 15 is 0 Å². The van der Waals surface area contributed by atoms with Crippen LogP contribution in [0.3, 0.4) is 0 Å². The molecular weight excluding hydrogens is 408 g/mol. The molecule has 0 bridgehead atoms. The minimum atomic E-state index is 0.0187. The van der Waals surface area contributed by atoms with Gasteiger partial charge in [-0.05, 0) is 21.5 Å². The molecule has 0 saturated heterocycles. The van der Waals surface area contributed by atoms with Gasteiger partial charge in [0.15, 0.2) is 11.6 Å². The van der Waals surface area contributed by atoms with Crippen LogP contribution < -0.4 is 0 Å². The number of rotatable bonds is 4. The molecule has 0 fully saturated rings. The average molecular weight is 420 g/mol. The van der Waals surface area contributed by atoms with E-state index in [0.29, 0.717) is 11.1 Å². The first-order chi connectivity index (χ1) is 10.7. The molecule has 0 aliphatic carbocycles. The van der Waals surface area contributed by atoms with Crippen LogP contribution in [0.25, 0.3) is 21.5 Å². The topological polar surface area (TPSA) is 34.1 Å². The minimum Gasteiger partial charge on any atom is -0.293 e. The zero-order chi connectivity index (χ0) is 15.7. The molecule has 0 aliphatic rings. The molecule has 3 aromatic carbocycles. The Balaban J connectivity index is 2.59. The number of halogens is 2. The zero-order valence-electron chi connectivity index (χ0n) is 11.6. The molecule has 0 aliphatic heterocycles. The molecule has 0 heterocycles. The molecule has 0 aromatic heterocycles. The van der Waals surface area contributed by atoms with Gasteiger partial charge in [0, 0.05) is 11.1 Å². The number of fused-ring (bicyclic) bond motifs is 2. The van der Waals surface area contributed by atoms with Gasteiger partial charge in [0.25, 0.3) is 0 Å². The van der Waals surface area contributed by atoms with Crippen molar-refractivity contribution < 1.29 is 9.59 Å². The van der Waals surface area contributed by atoms with Crippen molar-refractivity contribution in [3.8, 4) is 0 Å². The first-order valence-electron chi connectivity index (χ1n) is 6.80. The predicted octanol–water partition coefficient (Wildman–Crippen LogP) is 5.15. The monoisotopic (exact) mass is 418 g/mol. The number of Topliss-reactive ketones (excluding diaryl/α,β-unsaturated/α-hetero) is 2. The Morgan fingerprint density at radius 1 is 0.636 bits per heavy atom. The van der Waals surface area contributed by atoms with E-state index in [0.717, 1.165) is 21.5 Å². The van der Waals surface area contributed by atoms with Crippen molar-refractivity contribution in [1.29, 1.82) is 0 Å². The summed E-state index contributed by atoms with van der Waals surface area (Å²) in [4.78, 5) is 24.9. The predicted molar refractivity (Wildman–Crippen MR) is 97.7 cm³/mol. The van der Waals surface area contributed by atoms with E-state index in [1.54, 1.807) is 0 Å². The summed E-state index contributed by atoms with van der Waals surface area (Å²) in [6, 6.07) is 15.2. The van der Waals surface area contributed by atoms with Crippen molar-refractivity contribution in [2.45, 2.75) is 0 Å². The zero-order valence-corrected chi connectivity index (χ0v) is 14.8. The van der Waals surface area contributed by atoms with Crippen LogP contribution in [0.1, 0.15) is 20.7 Å². The van der Waals surface area contributed by atoms with Crippen LogP contribution in [0.4, 0.5) is 0 Å². The highest BCUT2D eigenvalue weighted by molar-refractivity contribution is 9.09. The highest BCUT2D eigenvalue weighted by Crippen LogP contribution is 2.34. The number of alkyl halides is 2. The molecule has 0 unspecified atom stereocenters. The summed E-state index contributed by atoms with van der Waals surface area (Å²) in [5, 5.41) is 3.83. The fourth-order valence-electron chi connectivity index (χ4n) is 2.86. The van der Waals surface area contributed by atoms with Crippen molar-refractivity contribution in [1.82, 2.24) is 0 Å². The Morgan fingerprint density at radius 2 is 0.909 bits per heavy atom. The molecule has 4 heteroatoms. The number of ketones is 2. The third kappa shape index (κ3) is 2.40. The summed E-state index contributed by atoms with van der Waals surface area (Å²) >= 11 is 6.52. The van der Waals surface area contributed by atoms with E-state index in [-0.39, 0.29) is 22.2 Å². The van der Waals surface area contributed by atoms with Crippen molar-refractivity contribution in [2.24, 2.45) is 0 Å². The van der Waals surface area contributed by atoms with Gasteiger partial charge in [0.1, 0.15) is 0 Å². The van der Waals surface area contributed by atoms with Gasteiger partial charge in [-0.1, -0.05) is 80.4 Å². The maximum atomic E-state index is 12.5. The summed E-state index contributed by atoms with van der Waals surface area (Å²) in [5.41, 5.74) is 1.35. The lowest BCUT2D eigenvalue weighted by Gasteiger charge is -2.14. The van der Waals surface area contributed by atoms with Gasteiger partial charge in [-0.25, -0.2) is 0 Å².